The summed E-state index contributed by atoms with van der Waals surface area (Å²) in [5.74, 6) is 1.59. The summed E-state index contributed by atoms with van der Waals surface area (Å²) in [4.78, 5) is 16.8. The Bertz CT molecular complexity index is 489. The lowest BCUT2D eigenvalue weighted by atomic mass is 10.7. The van der Waals surface area contributed by atoms with Gasteiger partial charge in [-0.15, -0.1) is 0 Å². The first-order valence-corrected chi connectivity index (χ1v) is 6.54. The molecule has 2 aromatic heterocycles. The number of thioether (sulfide) groups is 1. The number of hydrogen-bond donors (Lipinski definition) is 2. The number of imidazole rings is 1. The molecule has 8 heteroatoms. The SMILES string of the molecule is CCNc1nc(SCCO)nc(-n2ccnc2)n1. The van der Waals surface area contributed by atoms with E-state index in [-0.39, 0.29) is 6.61 Å². The van der Waals surface area contributed by atoms with Gasteiger partial charge in [-0.2, -0.15) is 15.0 Å². The normalized spacial score (nSPS) is 10.6. The van der Waals surface area contributed by atoms with Crippen molar-refractivity contribution in [1.82, 2.24) is 24.5 Å². The molecule has 0 bridgehead atoms. The highest BCUT2D eigenvalue weighted by molar-refractivity contribution is 7.99. The third kappa shape index (κ3) is 3.17. The number of nitrogens with one attached hydrogen (secondary N) is 1. The second-order valence-electron chi connectivity index (χ2n) is 3.31. The molecule has 0 spiro atoms. The Morgan fingerprint density at radius 1 is 1.39 bits per heavy atom. The van der Waals surface area contributed by atoms with Crippen LogP contribution in [0.15, 0.2) is 23.9 Å². The van der Waals surface area contributed by atoms with Crippen molar-refractivity contribution >= 4 is 17.7 Å². The summed E-state index contributed by atoms with van der Waals surface area (Å²) in [6, 6.07) is 0. The van der Waals surface area contributed by atoms with Crippen LogP contribution in [0.25, 0.3) is 5.95 Å². The van der Waals surface area contributed by atoms with E-state index in [1.165, 1.54) is 11.8 Å². The molecule has 2 aromatic rings. The monoisotopic (exact) mass is 266 g/mol. The standard InChI is InChI=1S/C10H14N6OS/c1-2-12-8-13-9(16-4-3-11-7-16)15-10(14-8)18-6-5-17/h3-4,7,17H,2,5-6H2,1H3,(H,12,13,14,15). The van der Waals surface area contributed by atoms with E-state index in [0.717, 1.165) is 6.54 Å². The van der Waals surface area contributed by atoms with Gasteiger partial charge in [0.1, 0.15) is 6.33 Å². The van der Waals surface area contributed by atoms with Crippen molar-refractivity contribution < 1.29 is 5.11 Å². The first-order chi connectivity index (χ1) is 8.83. The number of hydrogen-bond acceptors (Lipinski definition) is 7. The van der Waals surface area contributed by atoms with Gasteiger partial charge in [0.25, 0.3) is 0 Å². The van der Waals surface area contributed by atoms with Gasteiger partial charge < -0.3 is 10.4 Å². The van der Waals surface area contributed by atoms with Crippen molar-refractivity contribution in [2.24, 2.45) is 0 Å². The molecule has 2 rings (SSSR count). The van der Waals surface area contributed by atoms with E-state index < -0.39 is 0 Å². The van der Waals surface area contributed by atoms with Crippen molar-refractivity contribution in [2.45, 2.75) is 12.1 Å². The van der Waals surface area contributed by atoms with Crippen LogP contribution in [0.3, 0.4) is 0 Å². The van der Waals surface area contributed by atoms with E-state index in [1.54, 1.807) is 23.3 Å². The molecular formula is C10H14N6OS. The molecule has 0 fully saturated rings. The van der Waals surface area contributed by atoms with Crippen molar-refractivity contribution in [2.75, 3.05) is 24.2 Å². The van der Waals surface area contributed by atoms with E-state index in [1.807, 2.05) is 6.92 Å². The Labute approximate surface area is 109 Å². The molecule has 0 saturated heterocycles. The second-order valence-corrected chi connectivity index (χ2v) is 4.38. The lowest BCUT2D eigenvalue weighted by molar-refractivity contribution is 0.322. The van der Waals surface area contributed by atoms with Crippen LogP contribution >= 0.6 is 11.8 Å². The summed E-state index contributed by atoms with van der Waals surface area (Å²) in [5.41, 5.74) is 0. The summed E-state index contributed by atoms with van der Waals surface area (Å²) in [5, 5.41) is 12.5. The minimum Gasteiger partial charge on any atom is -0.396 e. The molecule has 2 heterocycles. The average molecular weight is 266 g/mol. The third-order valence-electron chi connectivity index (χ3n) is 2.00. The molecule has 0 aliphatic carbocycles. The molecule has 0 aliphatic heterocycles. The van der Waals surface area contributed by atoms with Crippen molar-refractivity contribution in [3.8, 4) is 5.95 Å². The van der Waals surface area contributed by atoms with E-state index in [4.69, 9.17) is 5.11 Å². The zero-order valence-corrected chi connectivity index (χ0v) is 10.8. The Balaban J connectivity index is 2.30. The van der Waals surface area contributed by atoms with E-state index in [0.29, 0.717) is 22.8 Å². The summed E-state index contributed by atoms with van der Waals surface area (Å²) >= 11 is 1.39. The van der Waals surface area contributed by atoms with Crippen LogP contribution in [0.2, 0.25) is 0 Å². The Morgan fingerprint density at radius 3 is 2.94 bits per heavy atom. The lowest BCUT2D eigenvalue weighted by Crippen LogP contribution is -2.09. The highest BCUT2D eigenvalue weighted by Gasteiger charge is 2.07. The van der Waals surface area contributed by atoms with Crippen LogP contribution in [0, 0.1) is 0 Å². The Kier molecular flexibility index (Phi) is 4.48. The minimum absolute atomic E-state index is 0.0906. The quantitative estimate of drug-likeness (QED) is 0.739. The molecule has 0 aromatic carbocycles. The fourth-order valence-corrected chi connectivity index (χ4v) is 1.85. The molecule has 96 valence electrons. The molecule has 0 radical (unpaired) electrons. The summed E-state index contributed by atoms with van der Waals surface area (Å²) < 4.78 is 1.71. The lowest BCUT2D eigenvalue weighted by Gasteiger charge is -2.07. The van der Waals surface area contributed by atoms with Crippen molar-refractivity contribution in [3.63, 3.8) is 0 Å². The van der Waals surface area contributed by atoms with Gasteiger partial charge in [-0.1, -0.05) is 11.8 Å². The highest BCUT2D eigenvalue weighted by atomic mass is 32.2. The summed E-state index contributed by atoms with van der Waals surface area (Å²) in [6.07, 6.45) is 5.06. The predicted octanol–water partition coefficient (Wildman–Crippen LogP) is 0.573. The van der Waals surface area contributed by atoms with E-state index in [2.05, 4.69) is 25.3 Å². The molecule has 0 atom stereocenters. The van der Waals surface area contributed by atoms with Gasteiger partial charge in [0, 0.05) is 24.7 Å². The van der Waals surface area contributed by atoms with Crippen molar-refractivity contribution in [3.05, 3.63) is 18.7 Å². The number of rotatable bonds is 6. The average Bonchev–Trinajstić information content (AvgIpc) is 2.90. The maximum absolute atomic E-state index is 8.83. The van der Waals surface area contributed by atoms with Crippen LogP contribution in [-0.2, 0) is 0 Å². The number of aliphatic hydroxyl groups excluding tert-OH is 1. The summed E-state index contributed by atoms with van der Waals surface area (Å²) in [6.45, 7) is 2.80. The number of aliphatic hydroxyl groups is 1. The smallest absolute Gasteiger partial charge is 0.240 e. The number of nitrogens with zero attached hydrogens (tertiary/aromatic N) is 5. The van der Waals surface area contributed by atoms with Gasteiger partial charge in [-0.3, -0.25) is 4.57 Å². The molecular weight excluding hydrogens is 252 g/mol. The molecule has 0 saturated carbocycles. The van der Waals surface area contributed by atoms with Gasteiger partial charge in [0.15, 0.2) is 5.16 Å². The first-order valence-electron chi connectivity index (χ1n) is 5.55. The molecule has 7 nitrogen and oxygen atoms in total. The van der Waals surface area contributed by atoms with Gasteiger partial charge in [-0.25, -0.2) is 4.98 Å². The molecule has 0 aliphatic rings. The van der Waals surface area contributed by atoms with Crippen LogP contribution in [0.4, 0.5) is 5.95 Å². The Morgan fingerprint density at radius 2 is 2.28 bits per heavy atom. The molecule has 0 amide bonds. The van der Waals surface area contributed by atoms with Crippen LogP contribution in [0.5, 0.6) is 0 Å². The molecule has 0 unspecified atom stereocenters. The number of anilines is 1. The zero-order chi connectivity index (χ0) is 12.8. The number of aromatic nitrogens is 5. The van der Waals surface area contributed by atoms with Crippen molar-refractivity contribution in [1.29, 1.82) is 0 Å². The van der Waals surface area contributed by atoms with Gasteiger partial charge in [0.05, 0.1) is 6.61 Å². The van der Waals surface area contributed by atoms with Gasteiger partial charge in [0.2, 0.25) is 11.9 Å². The van der Waals surface area contributed by atoms with Crippen LogP contribution < -0.4 is 5.32 Å². The first kappa shape index (κ1) is 12.8. The summed E-state index contributed by atoms with van der Waals surface area (Å²) in [7, 11) is 0. The Hall–Kier alpha value is -1.67. The maximum atomic E-state index is 8.83. The van der Waals surface area contributed by atoms with Gasteiger partial charge in [-0.05, 0) is 6.92 Å². The van der Waals surface area contributed by atoms with Gasteiger partial charge >= 0.3 is 0 Å². The van der Waals surface area contributed by atoms with Crippen LogP contribution in [-0.4, -0.2) is 48.5 Å². The fourth-order valence-electron chi connectivity index (χ4n) is 1.28. The maximum Gasteiger partial charge on any atom is 0.240 e. The van der Waals surface area contributed by atoms with Crippen LogP contribution in [0.1, 0.15) is 6.92 Å². The third-order valence-corrected chi connectivity index (χ3v) is 2.82. The second kappa shape index (κ2) is 6.31. The minimum atomic E-state index is 0.0906. The largest absolute Gasteiger partial charge is 0.396 e. The van der Waals surface area contributed by atoms with E-state index >= 15 is 0 Å². The molecule has 2 N–H and O–H groups in total. The highest BCUT2D eigenvalue weighted by Crippen LogP contribution is 2.15. The molecule has 18 heavy (non-hydrogen) atoms. The predicted molar refractivity (Wildman–Crippen MR) is 68.9 cm³/mol. The fraction of sp³-hybridized carbons (Fsp3) is 0.400. The van der Waals surface area contributed by atoms with E-state index in [9.17, 15) is 0 Å². The topological polar surface area (TPSA) is 88.8 Å². The zero-order valence-electron chi connectivity index (χ0n) is 9.94.